The van der Waals surface area contributed by atoms with Gasteiger partial charge in [0.2, 0.25) is 0 Å². The van der Waals surface area contributed by atoms with Crippen molar-refractivity contribution in [1.29, 1.82) is 0 Å². The molecular formula is C18H20N2O2. The van der Waals surface area contributed by atoms with E-state index in [1.165, 1.54) is 11.1 Å². The van der Waals surface area contributed by atoms with Gasteiger partial charge < -0.3 is 15.4 Å². The first kappa shape index (κ1) is 14.6. The van der Waals surface area contributed by atoms with Gasteiger partial charge in [-0.05, 0) is 35.2 Å². The topological polar surface area (TPSA) is 50.4 Å². The summed E-state index contributed by atoms with van der Waals surface area (Å²) in [7, 11) is 1.70. The predicted molar refractivity (Wildman–Crippen MR) is 87.0 cm³/mol. The molecule has 0 aromatic heterocycles. The zero-order chi connectivity index (χ0) is 15.4. The molecule has 1 aliphatic heterocycles. The van der Waals surface area contributed by atoms with Crippen molar-refractivity contribution >= 4 is 11.6 Å². The summed E-state index contributed by atoms with van der Waals surface area (Å²) in [5, 5.41) is 6.35. The van der Waals surface area contributed by atoms with Gasteiger partial charge in [-0.25, -0.2) is 0 Å². The number of amides is 1. The summed E-state index contributed by atoms with van der Waals surface area (Å²) in [6, 6.07) is 14.1. The van der Waals surface area contributed by atoms with Crippen molar-refractivity contribution in [1.82, 2.24) is 5.32 Å². The minimum atomic E-state index is 0.0182. The normalized spacial score (nSPS) is 13.4. The van der Waals surface area contributed by atoms with Gasteiger partial charge in [0.25, 0.3) is 5.91 Å². The summed E-state index contributed by atoms with van der Waals surface area (Å²) in [5.74, 6) is 0.0182. The maximum absolute atomic E-state index is 11.9. The lowest BCUT2D eigenvalue weighted by Gasteiger charge is -2.20. The van der Waals surface area contributed by atoms with Crippen molar-refractivity contribution < 1.29 is 9.53 Å². The largest absolute Gasteiger partial charge is 0.381 e. The van der Waals surface area contributed by atoms with Crippen LogP contribution in [0.1, 0.15) is 27.0 Å². The Morgan fingerprint density at radius 3 is 2.77 bits per heavy atom. The lowest BCUT2D eigenvalue weighted by molar-refractivity contribution is 0.0946. The second kappa shape index (κ2) is 6.62. The Morgan fingerprint density at radius 2 is 1.95 bits per heavy atom. The van der Waals surface area contributed by atoms with E-state index in [1.54, 1.807) is 7.11 Å². The van der Waals surface area contributed by atoms with Crippen LogP contribution in [0.5, 0.6) is 0 Å². The third-order valence-electron chi connectivity index (χ3n) is 3.97. The molecule has 2 aromatic carbocycles. The summed E-state index contributed by atoms with van der Waals surface area (Å²) in [4.78, 5) is 11.9. The monoisotopic (exact) mass is 296 g/mol. The number of carbonyl (C=O) groups is 1. The van der Waals surface area contributed by atoms with E-state index in [9.17, 15) is 4.79 Å². The number of methoxy groups -OCH3 is 1. The number of carbonyl (C=O) groups excluding carboxylic acids is 1. The maximum Gasteiger partial charge on any atom is 0.251 e. The number of nitrogens with one attached hydrogen (secondary N) is 2. The van der Waals surface area contributed by atoms with Crippen molar-refractivity contribution in [3.8, 4) is 0 Å². The number of anilines is 1. The first-order valence-electron chi connectivity index (χ1n) is 7.49. The standard InChI is InChI=1S/C18H20N2O2/c1-22-12-14-6-3-2-5-13(14)11-20-17-8-4-7-16-15(17)9-10-19-18(16)21/h2-8,20H,9-12H2,1H3,(H,19,21). The van der Waals surface area contributed by atoms with E-state index in [2.05, 4.69) is 22.8 Å². The maximum atomic E-state index is 11.9. The zero-order valence-corrected chi connectivity index (χ0v) is 12.7. The van der Waals surface area contributed by atoms with Gasteiger partial charge >= 0.3 is 0 Å². The molecule has 2 aromatic rings. The molecule has 1 amide bonds. The van der Waals surface area contributed by atoms with Crippen LogP contribution in [0.3, 0.4) is 0 Å². The Labute approximate surface area is 130 Å². The molecule has 1 heterocycles. The van der Waals surface area contributed by atoms with Crippen molar-refractivity contribution in [2.45, 2.75) is 19.6 Å². The molecule has 1 aliphatic rings. The molecule has 22 heavy (non-hydrogen) atoms. The molecule has 0 radical (unpaired) electrons. The van der Waals surface area contributed by atoms with Crippen LogP contribution in [0.2, 0.25) is 0 Å². The highest BCUT2D eigenvalue weighted by Crippen LogP contribution is 2.24. The SMILES string of the molecule is COCc1ccccc1CNc1cccc2c1CCNC2=O. The minimum absolute atomic E-state index is 0.0182. The van der Waals surface area contributed by atoms with E-state index in [4.69, 9.17) is 4.74 Å². The molecule has 4 heteroatoms. The number of fused-ring (bicyclic) bond motifs is 1. The lowest BCUT2D eigenvalue weighted by Crippen LogP contribution is -2.32. The minimum Gasteiger partial charge on any atom is -0.381 e. The molecule has 0 atom stereocenters. The first-order chi connectivity index (χ1) is 10.8. The number of hydrogen-bond donors (Lipinski definition) is 2. The van der Waals surface area contributed by atoms with Crippen LogP contribution in [0.4, 0.5) is 5.69 Å². The van der Waals surface area contributed by atoms with E-state index in [0.29, 0.717) is 13.2 Å². The van der Waals surface area contributed by atoms with E-state index < -0.39 is 0 Å². The quantitative estimate of drug-likeness (QED) is 0.892. The van der Waals surface area contributed by atoms with Gasteiger partial charge in [-0.2, -0.15) is 0 Å². The van der Waals surface area contributed by atoms with E-state index >= 15 is 0 Å². The Bertz CT molecular complexity index is 683. The highest BCUT2D eigenvalue weighted by Gasteiger charge is 2.18. The average molecular weight is 296 g/mol. The molecule has 4 nitrogen and oxygen atoms in total. The Kier molecular flexibility index (Phi) is 4.39. The van der Waals surface area contributed by atoms with Crippen molar-refractivity contribution in [3.05, 3.63) is 64.7 Å². The lowest BCUT2D eigenvalue weighted by atomic mass is 9.98. The fourth-order valence-corrected chi connectivity index (χ4v) is 2.85. The second-order valence-electron chi connectivity index (χ2n) is 5.39. The summed E-state index contributed by atoms with van der Waals surface area (Å²) < 4.78 is 5.24. The highest BCUT2D eigenvalue weighted by molar-refractivity contribution is 5.98. The Morgan fingerprint density at radius 1 is 1.14 bits per heavy atom. The summed E-state index contributed by atoms with van der Waals surface area (Å²) in [5.41, 5.74) is 5.32. The number of benzene rings is 2. The molecule has 0 spiro atoms. The summed E-state index contributed by atoms with van der Waals surface area (Å²) in [6.45, 7) is 2.02. The van der Waals surface area contributed by atoms with Gasteiger partial charge in [0.1, 0.15) is 0 Å². The predicted octanol–water partition coefficient (Wildman–Crippen LogP) is 2.73. The van der Waals surface area contributed by atoms with Gasteiger partial charge in [0.15, 0.2) is 0 Å². The van der Waals surface area contributed by atoms with Crippen LogP contribution in [0.25, 0.3) is 0 Å². The Balaban J connectivity index is 1.80. The van der Waals surface area contributed by atoms with E-state index in [0.717, 1.165) is 29.8 Å². The molecule has 2 N–H and O–H groups in total. The molecule has 0 saturated heterocycles. The molecule has 3 rings (SSSR count). The van der Waals surface area contributed by atoms with E-state index in [-0.39, 0.29) is 5.91 Å². The summed E-state index contributed by atoms with van der Waals surface area (Å²) >= 11 is 0. The van der Waals surface area contributed by atoms with E-state index in [1.807, 2.05) is 30.3 Å². The highest BCUT2D eigenvalue weighted by atomic mass is 16.5. The van der Waals surface area contributed by atoms with Crippen molar-refractivity contribution in [3.63, 3.8) is 0 Å². The number of ether oxygens (including phenoxy) is 1. The second-order valence-corrected chi connectivity index (χ2v) is 5.39. The van der Waals surface area contributed by atoms with Crippen LogP contribution >= 0.6 is 0 Å². The van der Waals surface area contributed by atoms with Crippen LogP contribution in [0, 0.1) is 0 Å². The van der Waals surface area contributed by atoms with Crippen LogP contribution in [-0.4, -0.2) is 19.6 Å². The summed E-state index contributed by atoms with van der Waals surface area (Å²) in [6.07, 6.45) is 0.865. The van der Waals surface area contributed by atoms with Crippen LogP contribution in [0.15, 0.2) is 42.5 Å². The smallest absolute Gasteiger partial charge is 0.251 e. The Hall–Kier alpha value is -2.33. The molecular weight excluding hydrogens is 276 g/mol. The zero-order valence-electron chi connectivity index (χ0n) is 12.7. The van der Waals surface area contributed by atoms with Gasteiger partial charge in [0.05, 0.1) is 6.61 Å². The molecule has 0 saturated carbocycles. The molecule has 0 bridgehead atoms. The fourth-order valence-electron chi connectivity index (χ4n) is 2.85. The van der Waals surface area contributed by atoms with Gasteiger partial charge in [-0.3, -0.25) is 4.79 Å². The van der Waals surface area contributed by atoms with Crippen molar-refractivity contribution in [2.24, 2.45) is 0 Å². The molecule has 114 valence electrons. The van der Waals surface area contributed by atoms with Gasteiger partial charge in [0, 0.05) is 31.5 Å². The number of rotatable bonds is 5. The number of hydrogen-bond acceptors (Lipinski definition) is 3. The first-order valence-corrected chi connectivity index (χ1v) is 7.49. The van der Waals surface area contributed by atoms with Crippen LogP contribution in [-0.2, 0) is 24.3 Å². The average Bonchev–Trinajstić information content (AvgIpc) is 2.55. The van der Waals surface area contributed by atoms with Gasteiger partial charge in [-0.1, -0.05) is 30.3 Å². The van der Waals surface area contributed by atoms with Gasteiger partial charge in [-0.15, -0.1) is 0 Å². The fraction of sp³-hybridized carbons (Fsp3) is 0.278. The molecule has 0 fully saturated rings. The van der Waals surface area contributed by atoms with Crippen LogP contribution < -0.4 is 10.6 Å². The third kappa shape index (κ3) is 2.97. The van der Waals surface area contributed by atoms with Crippen molar-refractivity contribution in [2.75, 3.05) is 19.0 Å². The molecule has 0 unspecified atom stereocenters. The third-order valence-corrected chi connectivity index (χ3v) is 3.97. The molecule has 0 aliphatic carbocycles.